The van der Waals surface area contributed by atoms with Crippen LogP contribution >= 0.6 is 0 Å². The molecular weight excluding hydrogens is 945 g/mol. The summed E-state index contributed by atoms with van der Waals surface area (Å²) < 4.78 is 0. The van der Waals surface area contributed by atoms with E-state index in [1.54, 1.807) is 0 Å². The fraction of sp³-hybridized carbons (Fsp3) is 0. The van der Waals surface area contributed by atoms with Crippen LogP contribution in [0.1, 0.15) is 0 Å². The number of nitrogens with two attached hydrogens (primary N) is 4. The van der Waals surface area contributed by atoms with Gasteiger partial charge in [-0.3, -0.25) is 0 Å². The number of hydrogen-bond acceptors (Lipinski definition) is 4. The molecule has 0 aliphatic carbocycles. The summed E-state index contributed by atoms with van der Waals surface area (Å²) in [4.78, 5) is 0. The van der Waals surface area contributed by atoms with Crippen molar-refractivity contribution in [2.45, 2.75) is 0 Å². The summed E-state index contributed by atoms with van der Waals surface area (Å²) in [7, 11) is 0. The summed E-state index contributed by atoms with van der Waals surface area (Å²) in [6.07, 6.45) is 0. The Hall–Kier alpha value is -10.4. The van der Waals surface area contributed by atoms with Crippen LogP contribution in [0.2, 0.25) is 0 Å². The zero-order valence-corrected chi connectivity index (χ0v) is 42.7. The van der Waals surface area contributed by atoms with Crippen molar-refractivity contribution in [3.8, 4) is 89.0 Å². The van der Waals surface area contributed by atoms with Crippen LogP contribution in [0, 0.1) is 0 Å². The SMILES string of the molecule is Nc1c(-c2ccccc2)c(-c2ccccc2)c2c3c(-c4ccccc4)c(-c4ccccc4)c(N)c(-c4ccccc4)c3c3c4c(-c5ccccc5)c(N)c5ccccc5c4c(N)c(-c4ccccc4)c3c2c1-c1ccccc1. The molecule has 0 aliphatic heterocycles. The minimum absolute atomic E-state index is 0.641. The predicted molar refractivity (Wildman–Crippen MR) is 335 cm³/mol. The Morgan fingerprint density at radius 3 is 0.667 bits per heavy atom. The van der Waals surface area contributed by atoms with E-state index in [0.717, 1.165) is 143 Å². The van der Waals surface area contributed by atoms with Crippen molar-refractivity contribution >= 4 is 76.6 Å². The average Bonchev–Trinajstić information content (AvgIpc) is 1.46. The molecule has 0 unspecified atom stereocenters. The van der Waals surface area contributed by atoms with Crippen molar-refractivity contribution < 1.29 is 0 Å². The number of rotatable bonds is 8. The van der Waals surface area contributed by atoms with Crippen LogP contribution in [0.4, 0.5) is 22.7 Å². The second-order valence-corrected chi connectivity index (χ2v) is 20.1. The van der Waals surface area contributed by atoms with Crippen LogP contribution in [0.15, 0.2) is 267 Å². The zero-order valence-electron chi connectivity index (χ0n) is 42.7. The molecular formula is C74H52N4. The molecule has 368 valence electrons. The van der Waals surface area contributed by atoms with E-state index in [4.69, 9.17) is 22.9 Å². The molecule has 78 heavy (non-hydrogen) atoms. The maximum atomic E-state index is 8.23. The molecule has 0 aliphatic rings. The first-order valence-electron chi connectivity index (χ1n) is 26.5. The van der Waals surface area contributed by atoms with Crippen LogP contribution in [-0.4, -0.2) is 0 Å². The molecule has 0 fully saturated rings. The van der Waals surface area contributed by atoms with Crippen molar-refractivity contribution in [1.29, 1.82) is 0 Å². The van der Waals surface area contributed by atoms with Crippen molar-refractivity contribution in [1.82, 2.24) is 0 Å². The van der Waals surface area contributed by atoms with Gasteiger partial charge in [-0.05, 0) is 49.9 Å². The maximum absolute atomic E-state index is 8.23. The second kappa shape index (κ2) is 18.7. The quantitative estimate of drug-likeness (QED) is 0.0899. The number of fused-ring (bicyclic) bond motifs is 10. The Kier molecular flexibility index (Phi) is 11.1. The molecule has 0 atom stereocenters. The molecule has 4 heteroatoms. The van der Waals surface area contributed by atoms with Gasteiger partial charge in [-0.15, -0.1) is 0 Å². The first-order chi connectivity index (χ1) is 38.5. The van der Waals surface area contributed by atoms with Crippen molar-refractivity contribution in [2.75, 3.05) is 22.9 Å². The first-order valence-corrected chi connectivity index (χ1v) is 26.5. The highest BCUT2D eigenvalue weighted by Gasteiger charge is 2.34. The summed E-state index contributed by atoms with van der Waals surface area (Å²) in [5.74, 6) is 0. The maximum Gasteiger partial charge on any atom is 0.0486 e. The third-order valence-corrected chi connectivity index (χ3v) is 15.9. The van der Waals surface area contributed by atoms with E-state index in [9.17, 15) is 0 Å². The molecule has 14 rings (SSSR count). The van der Waals surface area contributed by atoms with Gasteiger partial charge in [0.2, 0.25) is 0 Å². The number of anilines is 4. The number of hydrogen-bond donors (Lipinski definition) is 4. The van der Waals surface area contributed by atoms with Gasteiger partial charge in [-0.2, -0.15) is 0 Å². The van der Waals surface area contributed by atoms with Crippen LogP contribution in [-0.2, 0) is 0 Å². The van der Waals surface area contributed by atoms with Gasteiger partial charge in [0.25, 0.3) is 0 Å². The van der Waals surface area contributed by atoms with Gasteiger partial charge in [-0.25, -0.2) is 0 Å². The lowest BCUT2D eigenvalue weighted by atomic mass is 9.73. The predicted octanol–water partition coefficient (Wildman–Crippen LogP) is 19.1. The Labute approximate surface area is 453 Å². The van der Waals surface area contributed by atoms with Gasteiger partial charge in [0, 0.05) is 116 Å². The van der Waals surface area contributed by atoms with Gasteiger partial charge in [0.1, 0.15) is 0 Å². The van der Waals surface area contributed by atoms with Crippen molar-refractivity contribution in [2.24, 2.45) is 0 Å². The second-order valence-electron chi connectivity index (χ2n) is 20.1. The van der Waals surface area contributed by atoms with Gasteiger partial charge in [0.15, 0.2) is 0 Å². The topological polar surface area (TPSA) is 104 Å². The van der Waals surface area contributed by atoms with Gasteiger partial charge >= 0.3 is 0 Å². The third-order valence-electron chi connectivity index (χ3n) is 15.9. The molecule has 0 radical (unpaired) electrons. The molecule has 4 nitrogen and oxygen atoms in total. The minimum atomic E-state index is 0.641. The molecule has 14 aromatic rings. The van der Waals surface area contributed by atoms with Crippen LogP contribution < -0.4 is 22.9 Å². The Morgan fingerprint density at radius 1 is 0.141 bits per heavy atom. The fourth-order valence-electron chi connectivity index (χ4n) is 12.8. The standard InChI is InChI=1S/C74H52N4/c75-71-54-44-26-25-43-53(54)63-66(59(71)49-35-17-5-18-36-49)70-68-61(51-39-21-7-22-40-51)73(77)58(48-33-15-4-16-34-48)56(46-29-11-2-12-30-46)65(68)64-55(45-27-9-1-10-28-45)57(47-31-13-3-14-32-47)72(76)60(50-37-19-6-20-38-50)67(64)69(70)62(74(63)78)52-41-23-8-24-42-52/h1-44H,75-78H2. The highest BCUT2D eigenvalue weighted by Crippen LogP contribution is 2.62. The van der Waals surface area contributed by atoms with Crippen LogP contribution in [0.25, 0.3) is 143 Å². The molecule has 0 heterocycles. The molecule has 0 saturated carbocycles. The largest absolute Gasteiger partial charge is 0.398 e. The van der Waals surface area contributed by atoms with E-state index in [1.807, 2.05) is 0 Å². The molecule has 0 spiro atoms. The van der Waals surface area contributed by atoms with Crippen LogP contribution in [0.3, 0.4) is 0 Å². The Bertz CT molecular complexity index is 4630. The summed E-state index contributed by atoms with van der Waals surface area (Å²) in [5.41, 5.74) is 50.4. The summed E-state index contributed by atoms with van der Waals surface area (Å²) in [5, 5.41) is 9.65. The molecule has 0 bridgehead atoms. The van der Waals surface area contributed by atoms with E-state index in [0.29, 0.717) is 22.7 Å². The average molecular weight is 997 g/mol. The molecule has 0 amide bonds. The van der Waals surface area contributed by atoms with E-state index in [1.165, 1.54) is 0 Å². The number of benzene rings is 14. The van der Waals surface area contributed by atoms with Gasteiger partial charge < -0.3 is 22.9 Å². The molecule has 0 aromatic heterocycles. The van der Waals surface area contributed by atoms with E-state index in [2.05, 4.69) is 267 Å². The van der Waals surface area contributed by atoms with Crippen LogP contribution in [0.5, 0.6) is 0 Å². The lowest BCUT2D eigenvalue weighted by Gasteiger charge is -2.31. The summed E-state index contributed by atoms with van der Waals surface area (Å²) in [6, 6.07) is 93.9. The molecule has 14 aromatic carbocycles. The van der Waals surface area contributed by atoms with Crippen molar-refractivity contribution in [3.63, 3.8) is 0 Å². The Balaban J connectivity index is 1.48. The monoisotopic (exact) mass is 996 g/mol. The lowest BCUT2D eigenvalue weighted by Crippen LogP contribution is -2.06. The summed E-state index contributed by atoms with van der Waals surface area (Å²) >= 11 is 0. The zero-order chi connectivity index (χ0) is 52.4. The fourth-order valence-corrected chi connectivity index (χ4v) is 12.8. The van der Waals surface area contributed by atoms with Gasteiger partial charge in [0.05, 0.1) is 0 Å². The van der Waals surface area contributed by atoms with Gasteiger partial charge in [-0.1, -0.05) is 267 Å². The van der Waals surface area contributed by atoms with E-state index in [-0.39, 0.29) is 0 Å². The normalized spacial score (nSPS) is 11.5. The molecule has 8 N–H and O–H groups in total. The number of nitrogen functional groups attached to an aromatic ring is 4. The smallest absolute Gasteiger partial charge is 0.0486 e. The van der Waals surface area contributed by atoms with E-state index < -0.39 is 0 Å². The van der Waals surface area contributed by atoms with E-state index >= 15 is 0 Å². The van der Waals surface area contributed by atoms with Crippen molar-refractivity contribution in [3.05, 3.63) is 267 Å². The lowest BCUT2D eigenvalue weighted by molar-refractivity contribution is 1.58. The third kappa shape index (κ3) is 7.08. The molecule has 0 saturated heterocycles. The first kappa shape index (κ1) is 46.1. The highest BCUT2D eigenvalue weighted by atomic mass is 14.6. The Morgan fingerprint density at radius 2 is 0.346 bits per heavy atom. The summed E-state index contributed by atoms with van der Waals surface area (Å²) in [6.45, 7) is 0. The highest BCUT2D eigenvalue weighted by molar-refractivity contribution is 6.49. The minimum Gasteiger partial charge on any atom is -0.398 e.